The van der Waals surface area contributed by atoms with Crippen molar-refractivity contribution in [2.24, 2.45) is 0 Å². The third-order valence-corrected chi connectivity index (χ3v) is 7.09. The maximum atomic E-state index is 12.2. The van der Waals surface area contributed by atoms with E-state index >= 15 is 0 Å². The highest BCUT2D eigenvalue weighted by atomic mass is 33.1. The maximum absolute atomic E-state index is 12.2. The molecule has 2 rings (SSSR count). The summed E-state index contributed by atoms with van der Waals surface area (Å²) in [4.78, 5) is 0.339. The molecule has 0 unspecified atom stereocenters. The van der Waals surface area contributed by atoms with E-state index in [4.69, 9.17) is 0 Å². The number of hydrogen-bond donors (Lipinski definition) is 1. The van der Waals surface area contributed by atoms with E-state index in [9.17, 15) is 8.42 Å². The van der Waals surface area contributed by atoms with E-state index in [1.54, 1.807) is 33.7 Å². The van der Waals surface area contributed by atoms with Gasteiger partial charge in [0.25, 0.3) is 0 Å². The smallest absolute Gasteiger partial charge is 0.207 e. The van der Waals surface area contributed by atoms with Gasteiger partial charge in [0, 0.05) is 17.0 Å². The highest BCUT2D eigenvalue weighted by Crippen LogP contribution is 2.37. The van der Waals surface area contributed by atoms with Crippen molar-refractivity contribution in [3.05, 3.63) is 29.8 Å². The van der Waals surface area contributed by atoms with Crippen LogP contribution in [0.4, 0.5) is 0 Å². The Bertz CT molecular complexity index is 490. The molecule has 1 fully saturated rings. The number of hydrogen-bond acceptors (Lipinski definition) is 4. The van der Waals surface area contributed by atoms with Crippen molar-refractivity contribution in [1.82, 2.24) is 4.72 Å². The molecule has 1 aliphatic heterocycles. The molecule has 1 saturated heterocycles. The average molecular weight is 289 g/mol. The first kappa shape index (κ1) is 13.3. The van der Waals surface area contributed by atoms with E-state index in [1.165, 1.54) is 0 Å². The van der Waals surface area contributed by atoms with Crippen LogP contribution in [0.5, 0.6) is 0 Å². The van der Waals surface area contributed by atoms with Gasteiger partial charge in [-0.25, -0.2) is 13.1 Å². The van der Waals surface area contributed by atoms with Gasteiger partial charge in [-0.3, -0.25) is 0 Å². The summed E-state index contributed by atoms with van der Waals surface area (Å²) < 4.78 is 27.1. The number of nitrogens with one attached hydrogen (secondary N) is 1. The topological polar surface area (TPSA) is 46.2 Å². The van der Waals surface area contributed by atoms with Crippen LogP contribution >= 0.6 is 21.6 Å². The van der Waals surface area contributed by atoms with Gasteiger partial charge < -0.3 is 0 Å². The van der Waals surface area contributed by atoms with Crippen molar-refractivity contribution in [3.63, 3.8) is 0 Å². The molecule has 1 N–H and O–H groups in total. The van der Waals surface area contributed by atoms with Gasteiger partial charge in [0.2, 0.25) is 10.0 Å². The molecule has 0 atom stereocenters. The molecule has 1 aliphatic rings. The minimum Gasteiger partial charge on any atom is -0.207 e. The fourth-order valence-electron chi connectivity index (χ4n) is 1.54. The molecule has 0 spiro atoms. The molecule has 94 valence electrons. The number of aryl methyl sites for hydroxylation is 1. The molecule has 1 aromatic rings. The molecule has 0 saturated carbocycles. The first-order chi connectivity index (χ1) is 7.91. The van der Waals surface area contributed by atoms with Gasteiger partial charge in [0.05, 0.1) is 4.90 Å². The summed E-state index contributed by atoms with van der Waals surface area (Å²) in [6.45, 7) is 3.89. The lowest BCUT2D eigenvalue weighted by atomic mass is 10.1. The van der Waals surface area contributed by atoms with Crippen LogP contribution in [0.15, 0.2) is 29.2 Å². The van der Waals surface area contributed by atoms with Crippen LogP contribution in [0, 0.1) is 6.92 Å². The largest absolute Gasteiger partial charge is 0.241 e. The third-order valence-electron chi connectivity index (χ3n) is 2.55. The molecular weight excluding hydrogens is 274 g/mol. The SMILES string of the molecule is Cc1ccc(S(=O)(=O)NC2(C)CSSC2)cc1. The first-order valence-corrected chi connectivity index (χ1v) is 9.24. The summed E-state index contributed by atoms with van der Waals surface area (Å²) in [5, 5.41) is 0. The van der Waals surface area contributed by atoms with Crippen molar-refractivity contribution >= 4 is 31.6 Å². The molecule has 1 heterocycles. The minimum atomic E-state index is -3.40. The zero-order valence-electron chi connectivity index (χ0n) is 9.76. The Morgan fingerprint density at radius 2 is 1.71 bits per heavy atom. The molecule has 3 nitrogen and oxygen atoms in total. The van der Waals surface area contributed by atoms with Crippen molar-refractivity contribution in [2.45, 2.75) is 24.3 Å². The molecular formula is C11H15NO2S3. The molecule has 0 aliphatic carbocycles. The number of rotatable bonds is 3. The van der Waals surface area contributed by atoms with Gasteiger partial charge in [-0.05, 0) is 26.0 Å². The van der Waals surface area contributed by atoms with Gasteiger partial charge in [-0.2, -0.15) is 0 Å². The highest BCUT2D eigenvalue weighted by molar-refractivity contribution is 8.77. The molecule has 0 amide bonds. The lowest BCUT2D eigenvalue weighted by Gasteiger charge is -2.23. The Labute approximate surface area is 110 Å². The Hall–Kier alpha value is -0.170. The quantitative estimate of drug-likeness (QED) is 0.868. The number of sulfonamides is 1. The fraction of sp³-hybridized carbons (Fsp3) is 0.455. The zero-order valence-corrected chi connectivity index (χ0v) is 12.2. The standard InChI is InChI=1S/C11H15NO2S3/c1-9-3-5-10(6-4-9)17(13,14)12-11(2)7-15-16-8-11/h3-6,12H,7-8H2,1-2H3. The average Bonchev–Trinajstić information content (AvgIpc) is 2.64. The number of benzene rings is 1. The zero-order chi connectivity index (χ0) is 12.5. The third kappa shape index (κ3) is 3.19. The van der Waals surface area contributed by atoms with Crippen molar-refractivity contribution < 1.29 is 8.42 Å². The van der Waals surface area contributed by atoms with Crippen LogP contribution in [0.1, 0.15) is 12.5 Å². The van der Waals surface area contributed by atoms with E-state index in [-0.39, 0.29) is 5.54 Å². The summed E-state index contributed by atoms with van der Waals surface area (Å²) in [6.07, 6.45) is 0. The second-order valence-corrected chi connectivity index (χ2v) is 8.65. The minimum absolute atomic E-state index is 0.334. The van der Waals surface area contributed by atoms with Gasteiger partial charge in [-0.1, -0.05) is 39.3 Å². The van der Waals surface area contributed by atoms with E-state index < -0.39 is 10.0 Å². The summed E-state index contributed by atoms with van der Waals surface area (Å²) in [5.74, 6) is 1.62. The summed E-state index contributed by atoms with van der Waals surface area (Å²) >= 11 is 0. The van der Waals surface area contributed by atoms with Gasteiger partial charge in [0.1, 0.15) is 0 Å². The molecule has 0 radical (unpaired) electrons. The van der Waals surface area contributed by atoms with Crippen LogP contribution in [-0.2, 0) is 10.0 Å². The monoisotopic (exact) mass is 289 g/mol. The first-order valence-electron chi connectivity index (χ1n) is 5.26. The van der Waals surface area contributed by atoms with E-state index in [2.05, 4.69) is 4.72 Å². The predicted molar refractivity (Wildman–Crippen MR) is 74.8 cm³/mol. The van der Waals surface area contributed by atoms with E-state index in [0.29, 0.717) is 4.90 Å². The lowest BCUT2D eigenvalue weighted by molar-refractivity contribution is 0.508. The van der Waals surface area contributed by atoms with Gasteiger partial charge in [-0.15, -0.1) is 0 Å². The van der Waals surface area contributed by atoms with Crippen molar-refractivity contribution in [1.29, 1.82) is 0 Å². The predicted octanol–water partition coefficient (Wildman–Crippen LogP) is 2.43. The van der Waals surface area contributed by atoms with Crippen molar-refractivity contribution in [3.8, 4) is 0 Å². The van der Waals surface area contributed by atoms with Gasteiger partial charge in [0.15, 0.2) is 0 Å². The summed E-state index contributed by atoms with van der Waals surface area (Å²) in [6, 6.07) is 6.93. The molecule has 6 heteroatoms. The second kappa shape index (κ2) is 4.84. The highest BCUT2D eigenvalue weighted by Gasteiger charge is 2.34. The molecule has 17 heavy (non-hydrogen) atoms. The lowest BCUT2D eigenvalue weighted by Crippen LogP contribution is -2.47. The van der Waals surface area contributed by atoms with Crippen LogP contribution in [0.25, 0.3) is 0 Å². The van der Waals surface area contributed by atoms with Crippen LogP contribution in [-0.4, -0.2) is 25.5 Å². The maximum Gasteiger partial charge on any atom is 0.241 e. The Kier molecular flexibility index (Phi) is 3.77. The second-order valence-electron chi connectivity index (χ2n) is 4.50. The Balaban J connectivity index is 2.22. The van der Waals surface area contributed by atoms with Crippen LogP contribution in [0.3, 0.4) is 0 Å². The summed E-state index contributed by atoms with van der Waals surface area (Å²) in [5.41, 5.74) is 0.723. The molecule has 1 aromatic carbocycles. The Morgan fingerprint density at radius 3 is 2.24 bits per heavy atom. The normalized spacial score (nSPS) is 19.4. The molecule has 0 aromatic heterocycles. The van der Waals surface area contributed by atoms with E-state index in [0.717, 1.165) is 17.1 Å². The van der Waals surface area contributed by atoms with Crippen LogP contribution < -0.4 is 4.72 Å². The van der Waals surface area contributed by atoms with Crippen LogP contribution in [0.2, 0.25) is 0 Å². The fourth-order valence-corrected chi connectivity index (χ4v) is 6.36. The Morgan fingerprint density at radius 1 is 1.18 bits per heavy atom. The van der Waals surface area contributed by atoms with Crippen molar-refractivity contribution in [2.75, 3.05) is 11.5 Å². The van der Waals surface area contributed by atoms with Gasteiger partial charge >= 0.3 is 0 Å². The molecule has 0 bridgehead atoms. The summed E-state index contributed by atoms with van der Waals surface area (Å²) in [7, 11) is 0.0226. The van der Waals surface area contributed by atoms with E-state index in [1.807, 2.05) is 26.0 Å².